The minimum Gasteiger partial charge on any atom is -0.342 e. The Morgan fingerprint density at radius 2 is 1.76 bits per heavy atom. The first-order valence-electron chi connectivity index (χ1n) is 11.9. The molecule has 34 heavy (non-hydrogen) atoms. The third-order valence-corrected chi connectivity index (χ3v) is 6.93. The third-order valence-electron chi connectivity index (χ3n) is 6.19. The number of anilines is 1. The van der Waals surface area contributed by atoms with Gasteiger partial charge < -0.3 is 9.88 Å². The van der Waals surface area contributed by atoms with E-state index in [9.17, 15) is 4.79 Å². The lowest BCUT2D eigenvalue weighted by Gasteiger charge is -2.38. The molecule has 0 saturated carbocycles. The second kappa shape index (κ2) is 11.9. The summed E-state index contributed by atoms with van der Waals surface area (Å²) in [6.45, 7) is 12.4. The first-order valence-corrected chi connectivity index (χ1v) is 12.7. The molecule has 1 aliphatic rings. The Hall–Kier alpha value is -2.34. The number of nitrogens with zero attached hydrogens (tertiary/aromatic N) is 3. The van der Waals surface area contributed by atoms with Gasteiger partial charge in [-0.2, -0.15) is 0 Å². The molecule has 1 saturated heterocycles. The van der Waals surface area contributed by atoms with Crippen molar-refractivity contribution in [3.8, 4) is 11.4 Å². The number of likely N-dealkylation sites (tertiary alicyclic amines) is 1. The Labute approximate surface area is 213 Å². The Bertz CT molecular complexity index is 1120. The zero-order chi connectivity index (χ0) is 24.8. The van der Waals surface area contributed by atoms with Gasteiger partial charge in [-0.15, -0.1) is 0 Å². The molecule has 0 aliphatic carbocycles. The van der Waals surface area contributed by atoms with Crippen molar-refractivity contribution in [2.24, 2.45) is 0 Å². The molecule has 1 fully saturated rings. The number of aryl methyl sites for hydroxylation is 2. The van der Waals surface area contributed by atoms with E-state index in [1.165, 1.54) is 0 Å². The number of carbonyl (C=O) groups is 1. The Morgan fingerprint density at radius 1 is 1.09 bits per heavy atom. The average Bonchev–Trinajstić information content (AvgIpc) is 3.19. The number of amides is 1. The molecule has 5 nitrogen and oxygen atoms in total. The Kier molecular flexibility index (Phi) is 9.17. The van der Waals surface area contributed by atoms with E-state index >= 15 is 0 Å². The minimum atomic E-state index is 0.104. The number of hydrogen-bond donors (Lipinski definition) is 1. The number of hydrogen-bond acceptors (Lipinski definition) is 3. The molecule has 4 rings (SSSR count). The molecular formula is C27H34Cl2N4O. The normalized spacial score (nSPS) is 14.4. The number of rotatable bonds is 5. The van der Waals surface area contributed by atoms with Gasteiger partial charge in [-0.1, -0.05) is 55.2 Å². The fourth-order valence-corrected chi connectivity index (χ4v) is 4.73. The van der Waals surface area contributed by atoms with Crippen LogP contribution < -0.4 is 4.90 Å². The number of halogens is 2. The molecular weight excluding hydrogens is 467 g/mol. The van der Waals surface area contributed by atoms with Crippen LogP contribution in [0.3, 0.4) is 0 Å². The molecule has 7 heteroatoms. The molecule has 0 bridgehead atoms. The summed E-state index contributed by atoms with van der Waals surface area (Å²) in [5.41, 5.74) is 5.16. The van der Waals surface area contributed by atoms with Crippen molar-refractivity contribution in [3.05, 3.63) is 69.5 Å². The predicted octanol–water partition coefficient (Wildman–Crippen LogP) is 7.04. The highest BCUT2D eigenvalue weighted by molar-refractivity contribution is 6.42. The SMILES string of the molecule is CC.CC(=O)N(c1ccccc1C)C1CCN(Cc2nc(-c3ccc(Cl)c(Cl)c3)[nH]c2C)CC1. The van der Waals surface area contributed by atoms with Crippen molar-refractivity contribution in [1.82, 2.24) is 14.9 Å². The van der Waals surface area contributed by atoms with E-state index in [1.54, 1.807) is 13.0 Å². The summed E-state index contributed by atoms with van der Waals surface area (Å²) in [5.74, 6) is 0.903. The van der Waals surface area contributed by atoms with Gasteiger partial charge >= 0.3 is 0 Å². The van der Waals surface area contributed by atoms with E-state index in [2.05, 4.69) is 22.9 Å². The van der Waals surface area contributed by atoms with E-state index in [0.29, 0.717) is 10.0 Å². The third kappa shape index (κ3) is 6.01. The van der Waals surface area contributed by atoms with E-state index in [-0.39, 0.29) is 11.9 Å². The molecule has 1 aromatic heterocycles. The largest absolute Gasteiger partial charge is 0.342 e. The van der Waals surface area contributed by atoms with Crippen LogP contribution in [-0.2, 0) is 11.3 Å². The topological polar surface area (TPSA) is 52.2 Å². The van der Waals surface area contributed by atoms with Crippen LogP contribution >= 0.6 is 23.2 Å². The lowest BCUT2D eigenvalue weighted by Crippen LogP contribution is -2.47. The number of nitrogens with one attached hydrogen (secondary N) is 1. The van der Waals surface area contributed by atoms with Crippen LogP contribution in [0.2, 0.25) is 10.0 Å². The van der Waals surface area contributed by atoms with Gasteiger partial charge in [0.25, 0.3) is 0 Å². The van der Waals surface area contributed by atoms with Crippen molar-refractivity contribution in [2.75, 3.05) is 18.0 Å². The van der Waals surface area contributed by atoms with Crippen LogP contribution in [0.15, 0.2) is 42.5 Å². The Balaban J connectivity index is 0.00000158. The van der Waals surface area contributed by atoms with Gasteiger partial charge in [0.15, 0.2) is 0 Å². The smallest absolute Gasteiger partial charge is 0.224 e. The van der Waals surface area contributed by atoms with Crippen molar-refractivity contribution in [2.45, 2.75) is 60.0 Å². The first-order chi connectivity index (χ1) is 16.3. The van der Waals surface area contributed by atoms with Gasteiger partial charge in [0.05, 0.1) is 15.7 Å². The second-order valence-corrected chi connectivity index (χ2v) is 9.28. The number of H-pyrrole nitrogens is 1. The molecule has 2 heterocycles. The van der Waals surface area contributed by atoms with Crippen LogP contribution in [0.1, 0.15) is 50.6 Å². The molecule has 3 aromatic rings. The maximum absolute atomic E-state index is 12.5. The fraction of sp³-hybridized carbons (Fsp3) is 0.407. The summed E-state index contributed by atoms with van der Waals surface area (Å²) in [4.78, 5) is 25.1. The summed E-state index contributed by atoms with van der Waals surface area (Å²) in [7, 11) is 0. The summed E-state index contributed by atoms with van der Waals surface area (Å²) < 4.78 is 0. The van der Waals surface area contributed by atoms with Crippen molar-refractivity contribution < 1.29 is 4.79 Å². The molecule has 1 N–H and O–H groups in total. The quantitative estimate of drug-likeness (QED) is 0.408. The molecule has 2 aromatic carbocycles. The van der Waals surface area contributed by atoms with Gasteiger partial charge in [-0.05, 0) is 56.5 Å². The monoisotopic (exact) mass is 500 g/mol. The van der Waals surface area contributed by atoms with Crippen molar-refractivity contribution in [3.63, 3.8) is 0 Å². The number of benzene rings is 2. The van der Waals surface area contributed by atoms with Crippen LogP contribution in [0.25, 0.3) is 11.4 Å². The molecule has 0 spiro atoms. The number of carbonyl (C=O) groups excluding carboxylic acids is 1. The minimum absolute atomic E-state index is 0.104. The van der Waals surface area contributed by atoms with E-state index in [4.69, 9.17) is 28.2 Å². The van der Waals surface area contributed by atoms with Crippen LogP contribution in [0.4, 0.5) is 5.69 Å². The Morgan fingerprint density at radius 3 is 2.38 bits per heavy atom. The fourth-order valence-electron chi connectivity index (χ4n) is 4.44. The van der Waals surface area contributed by atoms with E-state index in [1.807, 2.05) is 56.0 Å². The van der Waals surface area contributed by atoms with Gasteiger partial charge in [0.2, 0.25) is 5.91 Å². The van der Waals surface area contributed by atoms with Gasteiger partial charge in [-0.3, -0.25) is 9.69 Å². The molecule has 182 valence electrons. The maximum Gasteiger partial charge on any atom is 0.224 e. The number of piperidine rings is 1. The predicted molar refractivity (Wildman–Crippen MR) is 143 cm³/mol. The summed E-state index contributed by atoms with van der Waals surface area (Å²) in [6, 6.07) is 13.9. The lowest BCUT2D eigenvalue weighted by molar-refractivity contribution is -0.117. The highest BCUT2D eigenvalue weighted by Crippen LogP contribution is 2.29. The zero-order valence-corrected chi connectivity index (χ0v) is 22.2. The highest BCUT2D eigenvalue weighted by Gasteiger charge is 2.28. The van der Waals surface area contributed by atoms with Gasteiger partial charge in [0.1, 0.15) is 5.82 Å². The summed E-state index contributed by atoms with van der Waals surface area (Å²) >= 11 is 12.2. The molecule has 0 unspecified atom stereocenters. The molecule has 0 atom stereocenters. The summed E-state index contributed by atoms with van der Waals surface area (Å²) in [6.07, 6.45) is 1.88. The maximum atomic E-state index is 12.5. The second-order valence-electron chi connectivity index (χ2n) is 8.47. The van der Waals surface area contributed by atoms with Gasteiger partial charge in [0, 0.05) is 49.5 Å². The molecule has 1 amide bonds. The number of imidazole rings is 1. The standard InChI is InChI=1S/C25H28Cl2N4O.C2H6/c1-16-6-4-5-7-24(16)31(18(3)32)20-10-12-30(13-11-20)15-23-17(2)28-25(29-23)19-8-9-21(26)22(27)14-19;1-2/h4-9,14,20H,10-13,15H2,1-3H3,(H,28,29);1-2H3. The van der Waals surface area contributed by atoms with Crippen LogP contribution in [0, 0.1) is 13.8 Å². The molecule has 1 aliphatic heterocycles. The number of aromatic nitrogens is 2. The van der Waals surface area contributed by atoms with Crippen LogP contribution in [0.5, 0.6) is 0 Å². The van der Waals surface area contributed by atoms with Crippen LogP contribution in [-0.4, -0.2) is 39.9 Å². The zero-order valence-electron chi connectivity index (χ0n) is 20.7. The van der Waals surface area contributed by atoms with E-state index < -0.39 is 0 Å². The average molecular weight is 502 g/mol. The van der Waals surface area contributed by atoms with Gasteiger partial charge in [-0.25, -0.2) is 4.98 Å². The molecule has 0 radical (unpaired) electrons. The first kappa shape index (κ1) is 26.3. The number of aromatic amines is 1. The van der Waals surface area contributed by atoms with Crippen molar-refractivity contribution >= 4 is 34.8 Å². The summed E-state index contributed by atoms with van der Waals surface area (Å²) in [5, 5.41) is 1.05. The van der Waals surface area contributed by atoms with E-state index in [0.717, 1.165) is 66.5 Å². The lowest BCUT2D eigenvalue weighted by atomic mass is 10.0. The van der Waals surface area contributed by atoms with Crippen molar-refractivity contribution in [1.29, 1.82) is 0 Å². The number of para-hydroxylation sites is 1. The highest BCUT2D eigenvalue weighted by atomic mass is 35.5.